The van der Waals surface area contributed by atoms with E-state index in [0.717, 1.165) is 4.88 Å². The van der Waals surface area contributed by atoms with E-state index in [0.29, 0.717) is 6.54 Å². The Balaban J connectivity index is 2.36. The summed E-state index contributed by atoms with van der Waals surface area (Å²) in [6, 6.07) is 3.71. The highest BCUT2D eigenvalue weighted by molar-refractivity contribution is 7.80. The van der Waals surface area contributed by atoms with Crippen molar-refractivity contribution in [1.29, 1.82) is 0 Å². The van der Waals surface area contributed by atoms with E-state index in [4.69, 9.17) is 12.2 Å². The van der Waals surface area contributed by atoms with Gasteiger partial charge in [-0.05, 0) is 36.7 Å². The van der Waals surface area contributed by atoms with Crippen LogP contribution in [0, 0.1) is 0 Å². The van der Waals surface area contributed by atoms with Crippen LogP contribution in [0.2, 0.25) is 0 Å². The van der Waals surface area contributed by atoms with E-state index >= 15 is 0 Å². The molecule has 6 heteroatoms. The van der Waals surface area contributed by atoms with Crippen LogP contribution in [-0.4, -0.2) is 28.4 Å². The maximum absolute atomic E-state index is 12.0. The molecule has 0 spiro atoms. The highest BCUT2D eigenvalue weighted by Gasteiger charge is 2.32. The molecule has 2 rings (SSSR count). The van der Waals surface area contributed by atoms with Crippen LogP contribution in [0.4, 0.5) is 0 Å². The van der Waals surface area contributed by atoms with Crippen molar-refractivity contribution in [2.75, 3.05) is 6.54 Å². The number of thiophene rings is 1. The van der Waals surface area contributed by atoms with Crippen molar-refractivity contribution in [2.24, 2.45) is 0 Å². The van der Waals surface area contributed by atoms with Crippen LogP contribution in [0.5, 0.6) is 0 Å². The standard InChI is InChI=1S/C11H10N2O2S2/c1-2-13-10(15)8(9(14)12-11(13)16)6-7-4-3-5-17-7/h3-6H,2H2,1H3,(H,12,14,16). The molecular weight excluding hydrogens is 256 g/mol. The molecule has 1 aromatic heterocycles. The van der Waals surface area contributed by atoms with Crippen LogP contribution in [-0.2, 0) is 9.59 Å². The van der Waals surface area contributed by atoms with Gasteiger partial charge in [0, 0.05) is 11.4 Å². The molecule has 1 fully saturated rings. The lowest BCUT2D eigenvalue weighted by atomic mass is 10.1. The van der Waals surface area contributed by atoms with Gasteiger partial charge in [0.2, 0.25) is 0 Å². The van der Waals surface area contributed by atoms with Crippen molar-refractivity contribution >= 4 is 46.6 Å². The third-order valence-electron chi connectivity index (χ3n) is 2.33. The summed E-state index contributed by atoms with van der Waals surface area (Å²) in [5.41, 5.74) is 0.128. The number of carbonyl (C=O) groups excluding carboxylic acids is 2. The molecule has 0 aromatic carbocycles. The van der Waals surface area contributed by atoms with Gasteiger partial charge in [0.1, 0.15) is 5.57 Å². The minimum Gasteiger partial charge on any atom is -0.298 e. The highest BCUT2D eigenvalue weighted by atomic mass is 32.1. The van der Waals surface area contributed by atoms with E-state index in [1.807, 2.05) is 24.4 Å². The predicted molar refractivity (Wildman–Crippen MR) is 70.4 cm³/mol. The minimum absolute atomic E-state index is 0.128. The molecule has 0 unspecified atom stereocenters. The summed E-state index contributed by atoms with van der Waals surface area (Å²) >= 11 is 6.40. The molecule has 2 heterocycles. The van der Waals surface area contributed by atoms with Crippen molar-refractivity contribution in [1.82, 2.24) is 10.2 Å². The van der Waals surface area contributed by atoms with E-state index < -0.39 is 5.91 Å². The Morgan fingerprint density at radius 3 is 2.88 bits per heavy atom. The first-order valence-electron chi connectivity index (χ1n) is 5.06. The van der Waals surface area contributed by atoms with Crippen LogP contribution in [0.15, 0.2) is 23.1 Å². The third kappa shape index (κ3) is 2.27. The van der Waals surface area contributed by atoms with Crippen molar-refractivity contribution in [2.45, 2.75) is 6.92 Å². The topological polar surface area (TPSA) is 49.4 Å². The van der Waals surface area contributed by atoms with E-state index in [1.165, 1.54) is 16.2 Å². The van der Waals surface area contributed by atoms with Gasteiger partial charge in [-0.3, -0.25) is 19.8 Å². The number of thiocarbonyl (C=S) groups is 1. The lowest BCUT2D eigenvalue weighted by Gasteiger charge is -2.27. The number of hydrogen-bond donors (Lipinski definition) is 1. The van der Waals surface area contributed by atoms with Crippen molar-refractivity contribution in [3.05, 3.63) is 28.0 Å². The highest BCUT2D eigenvalue weighted by Crippen LogP contribution is 2.17. The first-order valence-corrected chi connectivity index (χ1v) is 6.34. The molecular formula is C11H10N2O2S2. The largest absolute Gasteiger partial charge is 0.298 e. The number of nitrogens with zero attached hydrogens (tertiary/aromatic N) is 1. The second kappa shape index (κ2) is 4.77. The smallest absolute Gasteiger partial charge is 0.265 e. The van der Waals surface area contributed by atoms with E-state index in [1.54, 1.807) is 6.08 Å². The zero-order valence-electron chi connectivity index (χ0n) is 9.10. The first-order chi connectivity index (χ1) is 8.13. The number of carbonyl (C=O) groups is 2. The molecule has 1 aliphatic heterocycles. The molecule has 1 aliphatic rings. The fourth-order valence-corrected chi connectivity index (χ4v) is 2.46. The van der Waals surface area contributed by atoms with Gasteiger partial charge < -0.3 is 0 Å². The van der Waals surface area contributed by atoms with Gasteiger partial charge in [0.25, 0.3) is 11.8 Å². The number of amides is 2. The molecule has 88 valence electrons. The fourth-order valence-electron chi connectivity index (χ4n) is 1.50. The summed E-state index contributed by atoms with van der Waals surface area (Å²) < 4.78 is 0. The molecule has 0 aliphatic carbocycles. The maximum Gasteiger partial charge on any atom is 0.265 e. The summed E-state index contributed by atoms with van der Waals surface area (Å²) in [5.74, 6) is -0.771. The summed E-state index contributed by atoms with van der Waals surface area (Å²) in [5, 5.41) is 4.57. The second-order valence-electron chi connectivity index (χ2n) is 3.38. The van der Waals surface area contributed by atoms with Crippen LogP contribution in [0.1, 0.15) is 11.8 Å². The minimum atomic E-state index is -0.432. The van der Waals surface area contributed by atoms with E-state index in [2.05, 4.69) is 5.32 Å². The summed E-state index contributed by atoms with van der Waals surface area (Å²) in [6.07, 6.45) is 1.59. The van der Waals surface area contributed by atoms with Crippen LogP contribution < -0.4 is 5.32 Å². The normalized spacial score (nSPS) is 18.8. The molecule has 0 atom stereocenters. The monoisotopic (exact) mass is 266 g/mol. The lowest BCUT2D eigenvalue weighted by molar-refractivity contribution is -0.128. The second-order valence-corrected chi connectivity index (χ2v) is 4.75. The summed E-state index contributed by atoms with van der Waals surface area (Å²) in [6.45, 7) is 2.25. The molecule has 0 saturated carbocycles. The van der Waals surface area contributed by atoms with Gasteiger partial charge >= 0.3 is 0 Å². The maximum atomic E-state index is 12.0. The molecule has 4 nitrogen and oxygen atoms in total. The SMILES string of the molecule is CCN1C(=O)C(=Cc2cccs2)C(=O)NC1=S. The van der Waals surface area contributed by atoms with Gasteiger partial charge in [0.05, 0.1) is 0 Å². The van der Waals surface area contributed by atoms with Gasteiger partial charge in [-0.15, -0.1) is 11.3 Å². The number of hydrogen-bond acceptors (Lipinski definition) is 4. The van der Waals surface area contributed by atoms with Crippen LogP contribution in [0.3, 0.4) is 0 Å². The Labute approximate surface area is 108 Å². The molecule has 1 N–H and O–H groups in total. The van der Waals surface area contributed by atoms with Crippen molar-refractivity contribution < 1.29 is 9.59 Å². The predicted octanol–water partition coefficient (Wildman–Crippen LogP) is 1.39. The summed E-state index contributed by atoms with van der Waals surface area (Å²) in [4.78, 5) is 25.9. The molecule has 1 saturated heterocycles. The van der Waals surface area contributed by atoms with Crippen LogP contribution >= 0.6 is 23.6 Å². The molecule has 0 radical (unpaired) electrons. The average molecular weight is 266 g/mol. The molecule has 2 amide bonds. The zero-order valence-corrected chi connectivity index (χ0v) is 10.7. The van der Waals surface area contributed by atoms with E-state index in [9.17, 15) is 9.59 Å². The fraction of sp³-hybridized carbons (Fsp3) is 0.182. The van der Waals surface area contributed by atoms with Gasteiger partial charge in [0.15, 0.2) is 5.11 Å². The van der Waals surface area contributed by atoms with Gasteiger partial charge in [-0.25, -0.2) is 0 Å². The Morgan fingerprint density at radius 1 is 1.53 bits per heavy atom. The quantitative estimate of drug-likeness (QED) is 0.500. The molecule has 0 bridgehead atoms. The number of likely N-dealkylation sites (N-methyl/N-ethyl adjacent to an activating group) is 1. The lowest BCUT2D eigenvalue weighted by Crippen LogP contribution is -2.53. The van der Waals surface area contributed by atoms with Gasteiger partial charge in [-0.2, -0.15) is 0 Å². The number of nitrogens with one attached hydrogen (secondary N) is 1. The Bertz CT molecular complexity index is 506. The zero-order chi connectivity index (χ0) is 12.4. The Kier molecular flexibility index (Phi) is 3.35. The Hall–Kier alpha value is -1.53. The van der Waals surface area contributed by atoms with Gasteiger partial charge in [-0.1, -0.05) is 6.07 Å². The van der Waals surface area contributed by atoms with Crippen molar-refractivity contribution in [3.8, 4) is 0 Å². The van der Waals surface area contributed by atoms with Crippen LogP contribution in [0.25, 0.3) is 6.08 Å². The molecule has 1 aromatic rings. The molecule has 17 heavy (non-hydrogen) atoms. The Morgan fingerprint density at radius 2 is 2.29 bits per heavy atom. The average Bonchev–Trinajstić information content (AvgIpc) is 2.77. The third-order valence-corrected chi connectivity index (χ3v) is 3.47. The number of rotatable bonds is 2. The van der Waals surface area contributed by atoms with E-state index in [-0.39, 0.29) is 16.6 Å². The summed E-state index contributed by atoms with van der Waals surface area (Å²) in [7, 11) is 0. The first kappa shape index (κ1) is 11.9. The van der Waals surface area contributed by atoms with Crippen molar-refractivity contribution in [3.63, 3.8) is 0 Å².